The molecule has 0 bridgehead atoms. The van der Waals surface area contributed by atoms with Crippen LogP contribution in [0.5, 0.6) is 0 Å². The summed E-state index contributed by atoms with van der Waals surface area (Å²) in [5.74, 6) is 0.803. The standard InChI is InChI=1S/C32H35F3N6O/c33-32(34,35)19-40-20-36-38-29(40)31(17-30(18-31)9-10-30)22-5-4-6-24(13-22)41-16-26(21-7-8-21)25-14-23(37-27(25)28(41)42)15-39-11-2-1-3-12-39/h4-6,13-14,16,20-21,37H,1-3,7-12,15,17-19H2. The highest BCUT2D eigenvalue weighted by atomic mass is 19.4. The molecule has 0 radical (unpaired) electrons. The van der Waals surface area contributed by atoms with Gasteiger partial charge in [-0.05, 0) is 105 Å². The van der Waals surface area contributed by atoms with E-state index in [1.54, 1.807) is 4.57 Å². The van der Waals surface area contributed by atoms with Crippen molar-refractivity contribution in [3.8, 4) is 5.69 Å². The molecule has 10 heteroatoms. The number of alkyl halides is 3. The van der Waals surface area contributed by atoms with Gasteiger partial charge in [0.1, 0.15) is 24.2 Å². The first-order chi connectivity index (χ1) is 20.2. The average Bonchev–Trinajstić information content (AvgIpc) is 3.86. The van der Waals surface area contributed by atoms with Crippen molar-refractivity contribution in [2.45, 2.75) is 88.4 Å². The predicted octanol–water partition coefficient (Wildman–Crippen LogP) is 6.20. The molecule has 3 aromatic heterocycles. The van der Waals surface area contributed by atoms with Gasteiger partial charge in [0.15, 0.2) is 0 Å². The van der Waals surface area contributed by atoms with E-state index in [2.05, 4.69) is 26.1 Å². The number of aromatic nitrogens is 5. The lowest BCUT2D eigenvalue weighted by Gasteiger charge is -2.48. The van der Waals surface area contributed by atoms with Crippen LogP contribution in [0.2, 0.25) is 0 Å². The van der Waals surface area contributed by atoms with E-state index >= 15 is 0 Å². The van der Waals surface area contributed by atoms with Gasteiger partial charge in [-0.2, -0.15) is 13.2 Å². The molecule has 3 saturated carbocycles. The Hall–Kier alpha value is -3.40. The Bertz CT molecular complexity index is 1710. The lowest BCUT2D eigenvalue weighted by molar-refractivity contribution is -0.141. The molecule has 8 rings (SSSR count). The summed E-state index contributed by atoms with van der Waals surface area (Å²) in [6.45, 7) is 1.87. The topological polar surface area (TPSA) is 71.7 Å². The van der Waals surface area contributed by atoms with Crippen LogP contribution < -0.4 is 5.56 Å². The summed E-state index contributed by atoms with van der Waals surface area (Å²) >= 11 is 0. The number of H-pyrrole nitrogens is 1. The molecule has 3 aliphatic carbocycles. The molecule has 4 aromatic rings. The Labute approximate surface area is 241 Å². The molecule has 7 nitrogen and oxygen atoms in total. The monoisotopic (exact) mass is 576 g/mol. The number of aromatic amines is 1. The van der Waals surface area contributed by atoms with E-state index in [9.17, 15) is 18.0 Å². The zero-order valence-corrected chi connectivity index (χ0v) is 23.6. The quantitative estimate of drug-likeness (QED) is 0.285. The second-order valence-corrected chi connectivity index (χ2v) is 13.3. The highest BCUT2D eigenvalue weighted by Gasteiger charge is 2.64. The number of nitrogens with zero attached hydrogens (tertiary/aromatic N) is 5. The van der Waals surface area contributed by atoms with Crippen LogP contribution >= 0.6 is 0 Å². The number of piperidine rings is 1. The Morgan fingerprint density at radius 1 is 1.05 bits per heavy atom. The number of hydrogen-bond donors (Lipinski definition) is 1. The van der Waals surface area contributed by atoms with Gasteiger partial charge in [0.2, 0.25) is 0 Å². The summed E-state index contributed by atoms with van der Waals surface area (Å²) in [5, 5.41) is 9.19. The van der Waals surface area contributed by atoms with E-state index in [4.69, 9.17) is 0 Å². The number of hydrogen-bond acceptors (Lipinski definition) is 4. The van der Waals surface area contributed by atoms with Crippen molar-refractivity contribution >= 4 is 10.9 Å². The molecule has 1 aliphatic heterocycles. The SMILES string of the molecule is O=c1c2[nH]c(CN3CCCCC3)cc2c(C2CC2)cn1-c1cccc(C2(c3nncn3CC(F)(F)F)CC3(CC3)C2)c1. The zero-order chi connectivity index (χ0) is 28.7. The van der Waals surface area contributed by atoms with Gasteiger partial charge in [0, 0.05) is 29.5 Å². The van der Waals surface area contributed by atoms with E-state index in [1.807, 2.05) is 30.5 Å². The molecule has 0 amide bonds. The molecule has 1 spiro atoms. The van der Waals surface area contributed by atoms with E-state index in [1.165, 1.54) is 31.2 Å². The molecular formula is C32H35F3N6O. The molecule has 4 heterocycles. The third kappa shape index (κ3) is 4.49. The Morgan fingerprint density at radius 2 is 1.83 bits per heavy atom. The highest BCUT2D eigenvalue weighted by molar-refractivity contribution is 5.84. The first-order valence-corrected chi connectivity index (χ1v) is 15.3. The molecule has 0 unspecified atom stereocenters. The number of pyridine rings is 1. The molecule has 42 heavy (non-hydrogen) atoms. The van der Waals surface area contributed by atoms with Crippen LogP contribution in [0.1, 0.15) is 86.4 Å². The van der Waals surface area contributed by atoms with Crippen LogP contribution in [0.3, 0.4) is 0 Å². The second-order valence-electron chi connectivity index (χ2n) is 13.3. The fourth-order valence-electron chi connectivity index (χ4n) is 7.79. The van der Waals surface area contributed by atoms with Gasteiger partial charge in [-0.3, -0.25) is 14.3 Å². The molecule has 4 fully saturated rings. The number of benzene rings is 1. The van der Waals surface area contributed by atoms with Gasteiger partial charge in [-0.1, -0.05) is 18.6 Å². The van der Waals surface area contributed by atoms with Gasteiger partial charge in [-0.15, -0.1) is 10.2 Å². The first kappa shape index (κ1) is 26.2. The number of likely N-dealkylation sites (tertiary alicyclic amines) is 1. The Morgan fingerprint density at radius 3 is 2.55 bits per heavy atom. The van der Waals surface area contributed by atoms with E-state index < -0.39 is 18.1 Å². The average molecular weight is 577 g/mol. The Kier molecular flexibility index (Phi) is 5.81. The summed E-state index contributed by atoms with van der Waals surface area (Å²) in [5.41, 5.74) is 3.96. The normalized spacial score (nSPS) is 21.6. The van der Waals surface area contributed by atoms with Crippen LogP contribution in [0.15, 0.2) is 47.7 Å². The van der Waals surface area contributed by atoms with Crippen molar-refractivity contribution < 1.29 is 13.2 Å². The fraction of sp³-hybridized carbons (Fsp3) is 0.531. The van der Waals surface area contributed by atoms with Crippen molar-refractivity contribution in [1.29, 1.82) is 0 Å². The van der Waals surface area contributed by atoms with Crippen molar-refractivity contribution in [2.75, 3.05) is 13.1 Å². The van der Waals surface area contributed by atoms with Crippen LogP contribution in [0, 0.1) is 5.41 Å². The van der Waals surface area contributed by atoms with Crippen LogP contribution in [-0.4, -0.2) is 48.5 Å². The minimum atomic E-state index is -4.37. The molecule has 0 atom stereocenters. The van der Waals surface area contributed by atoms with Crippen molar-refractivity contribution in [3.05, 3.63) is 75.9 Å². The number of fused-ring (bicyclic) bond motifs is 1. The van der Waals surface area contributed by atoms with Crippen LogP contribution in [0.4, 0.5) is 13.2 Å². The predicted molar refractivity (Wildman–Crippen MR) is 153 cm³/mol. The number of rotatable bonds is 7. The number of halogens is 3. The van der Waals surface area contributed by atoms with E-state index in [0.29, 0.717) is 17.3 Å². The summed E-state index contributed by atoms with van der Waals surface area (Å²) in [7, 11) is 0. The third-order valence-corrected chi connectivity index (χ3v) is 10.1. The van der Waals surface area contributed by atoms with Crippen LogP contribution in [-0.2, 0) is 18.5 Å². The summed E-state index contributed by atoms with van der Waals surface area (Å²) in [6.07, 6.45) is 8.44. The fourth-order valence-corrected chi connectivity index (χ4v) is 7.79. The van der Waals surface area contributed by atoms with E-state index in [0.717, 1.165) is 85.1 Å². The van der Waals surface area contributed by atoms with Gasteiger partial charge in [0.25, 0.3) is 5.56 Å². The van der Waals surface area contributed by atoms with Crippen molar-refractivity contribution in [3.63, 3.8) is 0 Å². The summed E-state index contributed by atoms with van der Waals surface area (Å²) < 4.78 is 43.3. The van der Waals surface area contributed by atoms with Gasteiger partial charge in [0.05, 0.1) is 5.41 Å². The molecule has 220 valence electrons. The first-order valence-electron chi connectivity index (χ1n) is 15.3. The second kappa shape index (κ2) is 9.30. The lowest BCUT2D eigenvalue weighted by atomic mass is 9.56. The largest absolute Gasteiger partial charge is 0.406 e. The van der Waals surface area contributed by atoms with Gasteiger partial charge >= 0.3 is 6.18 Å². The molecule has 1 aromatic carbocycles. The minimum absolute atomic E-state index is 0.0991. The summed E-state index contributed by atoms with van der Waals surface area (Å²) in [4.78, 5) is 19.9. The maximum absolute atomic E-state index is 14.0. The van der Waals surface area contributed by atoms with Crippen LogP contribution in [0.25, 0.3) is 16.6 Å². The smallest absolute Gasteiger partial charge is 0.353 e. The lowest BCUT2D eigenvalue weighted by Crippen LogP contribution is -2.46. The highest BCUT2D eigenvalue weighted by Crippen LogP contribution is 2.70. The molecule has 1 saturated heterocycles. The summed E-state index contributed by atoms with van der Waals surface area (Å²) in [6, 6.07) is 9.97. The molecule has 4 aliphatic rings. The van der Waals surface area contributed by atoms with Crippen molar-refractivity contribution in [1.82, 2.24) is 29.2 Å². The third-order valence-electron chi connectivity index (χ3n) is 10.1. The molecular weight excluding hydrogens is 541 g/mol. The molecule has 1 N–H and O–H groups in total. The van der Waals surface area contributed by atoms with Gasteiger partial charge < -0.3 is 9.55 Å². The zero-order valence-electron chi connectivity index (χ0n) is 23.6. The van der Waals surface area contributed by atoms with Crippen molar-refractivity contribution in [2.24, 2.45) is 5.41 Å². The van der Waals surface area contributed by atoms with E-state index in [-0.39, 0.29) is 11.0 Å². The Balaban J connectivity index is 1.20. The number of nitrogens with one attached hydrogen (secondary N) is 1. The maximum atomic E-state index is 14.0. The minimum Gasteiger partial charge on any atom is -0.353 e. The maximum Gasteiger partial charge on any atom is 0.406 e. The van der Waals surface area contributed by atoms with Gasteiger partial charge in [-0.25, -0.2) is 0 Å².